The Morgan fingerprint density at radius 3 is 2.10 bits per heavy atom. The van der Waals surface area contributed by atoms with Gasteiger partial charge in [0.15, 0.2) is 0 Å². The van der Waals surface area contributed by atoms with Crippen LogP contribution < -0.4 is 37.0 Å². The number of aromatic nitrogens is 1. The molecule has 2 aromatic carbocycles. The fourth-order valence-corrected chi connectivity index (χ4v) is 7.14. The van der Waals surface area contributed by atoms with Gasteiger partial charge in [-0.1, -0.05) is 32.4 Å². The van der Waals surface area contributed by atoms with Crippen LogP contribution in [-0.4, -0.2) is 90.8 Å². The number of rotatable bonds is 19. The van der Waals surface area contributed by atoms with E-state index in [1.807, 2.05) is 0 Å². The van der Waals surface area contributed by atoms with Gasteiger partial charge in [-0.15, -0.1) is 0 Å². The normalized spacial score (nSPS) is 15.0. The number of carbonyl (C=O) groups is 6. The van der Waals surface area contributed by atoms with Gasteiger partial charge in [0.05, 0.1) is 22.0 Å². The highest BCUT2D eigenvalue weighted by Crippen LogP contribution is 2.36. The zero-order valence-electron chi connectivity index (χ0n) is 33.2. The van der Waals surface area contributed by atoms with Crippen LogP contribution in [0.5, 0.6) is 0 Å². The summed E-state index contributed by atoms with van der Waals surface area (Å²) < 4.78 is 67.2. The molecule has 0 saturated heterocycles. The van der Waals surface area contributed by atoms with Crippen LogP contribution in [0.3, 0.4) is 0 Å². The Kier molecular flexibility index (Phi) is 15.6. The minimum atomic E-state index is -5.00. The molecule has 1 aliphatic rings. The number of hydrogen-bond acceptors (Lipinski definition) is 10. The Labute approximate surface area is 354 Å². The van der Waals surface area contributed by atoms with Crippen molar-refractivity contribution in [3.05, 3.63) is 88.7 Å². The van der Waals surface area contributed by atoms with Gasteiger partial charge in [-0.25, -0.2) is 8.42 Å². The van der Waals surface area contributed by atoms with Gasteiger partial charge in [0.1, 0.15) is 18.1 Å². The first-order chi connectivity index (χ1) is 28.4. The second kappa shape index (κ2) is 19.8. The number of carbonyl (C=O) groups excluding carboxylic acids is 5. The van der Waals surface area contributed by atoms with Crippen LogP contribution in [0.4, 0.5) is 18.9 Å². The third-order valence-corrected chi connectivity index (χ3v) is 11.2. The van der Waals surface area contributed by atoms with E-state index in [1.54, 1.807) is 37.6 Å². The number of sulfonamides is 1. The number of pyridine rings is 1. The molecule has 1 heterocycles. The summed E-state index contributed by atoms with van der Waals surface area (Å²) in [5.74, 6) is -5.18. The predicted octanol–water partition coefficient (Wildman–Crippen LogP) is 2.50. The van der Waals surface area contributed by atoms with Crippen molar-refractivity contribution in [2.75, 3.05) is 18.4 Å². The molecule has 0 spiro atoms. The van der Waals surface area contributed by atoms with E-state index in [1.165, 1.54) is 36.7 Å². The number of carboxylic acid groups (broad SMARTS) is 1. The Bertz CT molecular complexity index is 2220. The van der Waals surface area contributed by atoms with Crippen LogP contribution in [0.15, 0.2) is 71.9 Å². The van der Waals surface area contributed by atoms with Crippen LogP contribution in [-0.2, 0) is 46.6 Å². The van der Waals surface area contributed by atoms with Gasteiger partial charge < -0.3 is 37.4 Å². The highest BCUT2D eigenvalue weighted by molar-refractivity contribution is 7.89. The van der Waals surface area contributed by atoms with Gasteiger partial charge >= 0.3 is 12.1 Å². The number of alkyl halides is 3. The maximum absolute atomic E-state index is 13.8. The number of nitrogens with two attached hydrogens (primary N) is 1. The summed E-state index contributed by atoms with van der Waals surface area (Å²) >= 11 is 5.55. The summed E-state index contributed by atoms with van der Waals surface area (Å²) in [6, 6.07) is 6.60. The van der Waals surface area contributed by atoms with Gasteiger partial charge in [0.2, 0.25) is 33.7 Å². The number of nitrogens with one attached hydrogen (secondary N) is 6. The van der Waals surface area contributed by atoms with E-state index in [0.717, 1.165) is 18.9 Å². The van der Waals surface area contributed by atoms with E-state index < -0.39 is 104 Å². The first kappa shape index (κ1) is 48.0. The molecule has 0 unspecified atom stereocenters. The van der Waals surface area contributed by atoms with Crippen LogP contribution >= 0.6 is 11.6 Å². The molecule has 1 fully saturated rings. The number of halogens is 4. The van der Waals surface area contributed by atoms with E-state index in [9.17, 15) is 55.5 Å². The number of nitrogens with zero attached hydrogens (tertiary/aromatic N) is 1. The molecule has 0 radical (unpaired) electrons. The number of hydrogen-bond donors (Lipinski definition) is 8. The minimum Gasteiger partial charge on any atom is -0.480 e. The number of benzene rings is 2. The van der Waals surface area contributed by atoms with Crippen molar-refractivity contribution in [1.29, 1.82) is 0 Å². The monoisotopic (exact) mass is 894 g/mol. The van der Waals surface area contributed by atoms with Crippen LogP contribution in [0.25, 0.3) is 0 Å². The zero-order valence-corrected chi connectivity index (χ0v) is 34.8. The fourth-order valence-electron chi connectivity index (χ4n) is 5.66. The minimum absolute atomic E-state index is 0.0696. The zero-order chi connectivity index (χ0) is 45.3. The van der Waals surface area contributed by atoms with Crippen molar-refractivity contribution in [3.8, 4) is 0 Å². The largest absolute Gasteiger partial charge is 0.480 e. The number of anilines is 1. The average Bonchev–Trinajstić information content (AvgIpc) is 3.92. The van der Waals surface area contributed by atoms with Crippen molar-refractivity contribution in [2.45, 2.75) is 87.6 Å². The van der Waals surface area contributed by atoms with Crippen molar-refractivity contribution >= 4 is 62.8 Å². The summed E-state index contributed by atoms with van der Waals surface area (Å²) in [7, 11) is -4.84. The van der Waals surface area contributed by atoms with Crippen LogP contribution in [0, 0.1) is 5.41 Å². The molecule has 1 saturated carbocycles. The van der Waals surface area contributed by atoms with E-state index in [0.29, 0.717) is 29.4 Å². The number of amides is 5. The van der Waals surface area contributed by atoms with E-state index in [2.05, 4.69) is 31.6 Å². The van der Waals surface area contributed by atoms with Gasteiger partial charge in [-0.2, -0.15) is 17.9 Å². The molecule has 3 atom stereocenters. The second-order valence-corrected chi connectivity index (χ2v) is 17.7. The smallest absolute Gasteiger partial charge is 0.417 e. The molecular formula is C39H46ClF3N8O9S. The first-order valence-corrected chi connectivity index (χ1v) is 20.6. The lowest BCUT2D eigenvalue weighted by atomic mass is 9.85. The molecular weight excluding hydrogens is 849 g/mol. The summed E-state index contributed by atoms with van der Waals surface area (Å²) in [6.07, 6.45) is -1.80. The molecule has 61 heavy (non-hydrogen) atoms. The third kappa shape index (κ3) is 14.5. The highest BCUT2D eigenvalue weighted by atomic mass is 35.5. The maximum atomic E-state index is 13.8. The second-order valence-electron chi connectivity index (χ2n) is 15.6. The quantitative estimate of drug-likeness (QED) is 0.0867. The fraction of sp³-hybridized carbons (Fsp3) is 0.410. The maximum Gasteiger partial charge on any atom is 0.417 e. The van der Waals surface area contributed by atoms with Crippen molar-refractivity contribution < 1.29 is 55.5 Å². The number of aliphatic carboxylic acids is 1. The standard InChI is InChI=1S/C39H46ClF3N8O9S/c1-37(2,3)32(35(56)48-24-6-4-23(5-7-24)33(54)47-21-38(44)14-15-38)50-34(55)29(18-22-12-16-45-17-13-22)49-31(53)20-46-30(52)11-10-28(36(57)58)51-61(59,60)25-8-9-27(40)26(19-25)39(41,42)43/h4-9,12-13,16-17,19,28-29,32,51H,10-11,14-15,18,20-21,44H2,1-3H3,(H,46,52)(H,47,54)(H,48,56)(H,49,53)(H,50,55)(H,57,58)/t28-,29-,32+/m0/s1. The molecule has 3 aromatic rings. The summed E-state index contributed by atoms with van der Waals surface area (Å²) in [6.45, 7) is 4.76. The molecule has 1 aromatic heterocycles. The van der Waals surface area contributed by atoms with Crippen LogP contribution in [0.2, 0.25) is 5.02 Å². The molecule has 1 aliphatic carbocycles. The summed E-state index contributed by atoms with van der Waals surface area (Å²) in [5, 5.41) is 21.8. The average molecular weight is 895 g/mol. The van der Waals surface area contributed by atoms with Gasteiger partial charge in [0, 0.05) is 48.6 Å². The molecule has 22 heteroatoms. The van der Waals surface area contributed by atoms with Gasteiger partial charge in [0.25, 0.3) is 5.91 Å². The van der Waals surface area contributed by atoms with Crippen molar-refractivity contribution in [1.82, 2.24) is 31.0 Å². The Hall–Kier alpha value is -5.64. The summed E-state index contributed by atoms with van der Waals surface area (Å²) in [5.41, 5.74) is 4.61. The summed E-state index contributed by atoms with van der Waals surface area (Å²) in [4.78, 5) is 80.5. The number of carboxylic acids is 1. The molecule has 5 amide bonds. The Morgan fingerprint density at radius 1 is 0.885 bits per heavy atom. The SMILES string of the molecule is CC(C)(C)[C@H](NC(=O)[C@H](Cc1ccncc1)NC(=O)CNC(=O)CC[C@H](NS(=O)(=O)c1ccc(Cl)c(C(F)(F)F)c1)C(=O)O)C(=O)Nc1ccc(C(=O)NCC2(N)CC2)cc1. The first-order valence-electron chi connectivity index (χ1n) is 18.7. The molecule has 17 nitrogen and oxygen atoms in total. The van der Waals surface area contributed by atoms with Crippen molar-refractivity contribution in [3.63, 3.8) is 0 Å². The topological polar surface area (TPSA) is 268 Å². The Morgan fingerprint density at radius 2 is 1.52 bits per heavy atom. The lowest BCUT2D eigenvalue weighted by Gasteiger charge is -2.32. The van der Waals surface area contributed by atoms with Crippen LogP contribution in [0.1, 0.15) is 67.9 Å². The molecule has 0 bridgehead atoms. The van der Waals surface area contributed by atoms with Gasteiger partial charge in [-0.05, 0) is 84.8 Å². The molecule has 9 N–H and O–H groups in total. The van der Waals surface area contributed by atoms with E-state index >= 15 is 0 Å². The Balaban J connectivity index is 1.36. The lowest BCUT2D eigenvalue weighted by molar-refractivity contribution is -0.139. The van der Waals surface area contributed by atoms with E-state index in [4.69, 9.17) is 17.3 Å². The van der Waals surface area contributed by atoms with E-state index in [-0.39, 0.29) is 23.9 Å². The predicted molar refractivity (Wildman–Crippen MR) is 215 cm³/mol. The van der Waals surface area contributed by atoms with Crippen molar-refractivity contribution in [2.24, 2.45) is 11.1 Å². The molecule has 0 aliphatic heterocycles. The third-order valence-electron chi connectivity index (χ3n) is 9.42. The lowest BCUT2D eigenvalue weighted by Crippen LogP contribution is -2.57. The molecule has 330 valence electrons. The molecule has 4 rings (SSSR count). The van der Waals surface area contributed by atoms with Gasteiger partial charge in [-0.3, -0.25) is 33.8 Å². The highest BCUT2D eigenvalue weighted by Gasteiger charge is 2.39.